The van der Waals surface area contributed by atoms with E-state index in [9.17, 15) is 9.90 Å². The Morgan fingerprint density at radius 2 is 2.24 bits per heavy atom. The van der Waals surface area contributed by atoms with Gasteiger partial charge in [-0.15, -0.1) is 0 Å². The number of ketones is 1. The van der Waals surface area contributed by atoms with Gasteiger partial charge in [0.25, 0.3) is 0 Å². The Balaban J connectivity index is 1.81. The first-order chi connectivity index (χ1) is 8.18. The van der Waals surface area contributed by atoms with Crippen molar-refractivity contribution >= 4 is 5.78 Å². The van der Waals surface area contributed by atoms with Crippen LogP contribution in [0.4, 0.5) is 0 Å². The zero-order valence-electron chi connectivity index (χ0n) is 10.8. The summed E-state index contributed by atoms with van der Waals surface area (Å²) in [7, 11) is 0. The lowest BCUT2D eigenvalue weighted by Crippen LogP contribution is -2.40. The summed E-state index contributed by atoms with van der Waals surface area (Å²) >= 11 is 0. The van der Waals surface area contributed by atoms with Crippen LogP contribution in [0.2, 0.25) is 0 Å². The van der Waals surface area contributed by atoms with Gasteiger partial charge in [0.1, 0.15) is 5.78 Å². The third kappa shape index (κ3) is 2.62. The molecule has 0 amide bonds. The number of Topliss-reactive ketones (excluding diaryl/α,β-unsaturated/α-hetero) is 1. The molecule has 0 spiro atoms. The van der Waals surface area contributed by atoms with E-state index in [1.165, 1.54) is 19.3 Å². The summed E-state index contributed by atoms with van der Waals surface area (Å²) in [6.07, 6.45) is 12.0. The fraction of sp³-hybridized carbons (Fsp3) is 0.800. The van der Waals surface area contributed by atoms with Crippen molar-refractivity contribution in [3.05, 3.63) is 12.2 Å². The average molecular weight is 236 g/mol. The van der Waals surface area contributed by atoms with Gasteiger partial charge in [0.2, 0.25) is 0 Å². The highest BCUT2D eigenvalue weighted by Crippen LogP contribution is 2.47. The summed E-state index contributed by atoms with van der Waals surface area (Å²) in [6, 6.07) is 0. The van der Waals surface area contributed by atoms with Crippen LogP contribution < -0.4 is 0 Å². The van der Waals surface area contributed by atoms with Gasteiger partial charge >= 0.3 is 0 Å². The summed E-state index contributed by atoms with van der Waals surface area (Å²) < 4.78 is 0. The smallest absolute Gasteiger partial charge is 0.139 e. The first kappa shape index (κ1) is 12.8. The van der Waals surface area contributed by atoms with Gasteiger partial charge in [0.05, 0.1) is 6.10 Å². The van der Waals surface area contributed by atoms with E-state index in [0.717, 1.165) is 32.1 Å². The van der Waals surface area contributed by atoms with Crippen LogP contribution in [0.15, 0.2) is 12.2 Å². The van der Waals surface area contributed by atoms with Gasteiger partial charge in [-0.05, 0) is 43.9 Å². The van der Waals surface area contributed by atoms with Crippen molar-refractivity contribution in [1.82, 2.24) is 0 Å². The van der Waals surface area contributed by atoms with Crippen molar-refractivity contribution in [2.24, 2.45) is 11.3 Å². The number of allylic oxidation sites excluding steroid dienone is 1. The van der Waals surface area contributed by atoms with Gasteiger partial charge in [-0.3, -0.25) is 4.79 Å². The van der Waals surface area contributed by atoms with Gasteiger partial charge in [0.15, 0.2) is 0 Å². The number of carbonyl (C=O) groups excluding carboxylic acids is 1. The van der Waals surface area contributed by atoms with Crippen molar-refractivity contribution in [3.63, 3.8) is 0 Å². The molecule has 17 heavy (non-hydrogen) atoms. The van der Waals surface area contributed by atoms with Crippen molar-refractivity contribution in [2.45, 2.75) is 64.4 Å². The molecule has 2 atom stereocenters. The number of rotatable bonds is 5. The van der Waals surface area contributed by atoms with Crippen LogP contribution in [0.1, 0.15) is 58.3 Å². The molecule has 2 fully saturated rings. The van der Waals surface area contributed by atoms with Crippen LogP contribution in [0.5, 0.6) is 0 Å². The van der Waals surface area contributed by atoms with Crippen molar-refractivity contribution in [3.8, 4) is 0 Å². The maximum Gasteiger partial charge on any atom is 0.139 e. The molecule has 0 aromatic carbocycles. The molecular weight excluding hydrogens is 212 g/mol. The van der Waals surface area contributed by atoms with E-state index in [1.807, 2.05) is 12.2 Å². The molecule has 0 heterocycles. The lowest BCUT2D eigenvalue weighted by atomic mass is 9.63. The van der Waals surface area contributed by atoms with E-state index in [0.29, 0.717) is 5.78 Å². The van der Waals surface area contributed by atoms with E-state index >= 15 is 0 Å². The molecule has 1 N–H and O–H groups in total. The standard InChI is InChI=1S/C15H24O2/c1-2-15(10-5-11-15)14(17)9-4-7-12-6-3-8-13(12)16/h4,7,12,14,17H,2-3,5-6,8-11H2,1H3/b7-4+/t12-,14?/m0/s1. The Bertz CT molecular complexity index is 297. The minimum atomic E-state index is -0.214. The molecule has 0 aromatic heterocycles. The summed E-state index contributed by atoms with van der Waals surface area (Å²) in [5, 5.41) is 10.2. The first-order valence-corrected chi connectivity index (χ1v) is 7.05. The number of aliphatic hydroxyl groups excluding tert-OH is 1. The molecule has 96 valence electrons. The molecule has 0 aliphatic heterocycles. The molecule has 2 aliphatic carbocycles. The van der Waals surface area contributed by atoms with E-state index in [1.54, 1.807) is 0 Å². The second-order valence-electron chi connectivity index (χ2n) is 5.71. The maximum absolute atomic E-state index is 11.5. The fourth-order valence-electron chi connectivity index (χ4n) is 3.22. The molecule has 1 unspecified atom stereocenters. The normalized spacial score (nSPS) is 29.5. The van der Waals surface area contributed by atoms with Gasteiger partial charge in [-0.25, -0.2) is 0 Å². The Morgan fingerprint density at radius 1 is 1.47 bits per heavy atom. The van der Waals surface area contributed by atoms with Crippen molar-refractivity contribution in [2.75, 3.05) is 0 Å². The summed E-state index contributed by atoms with van der Waals surface area (Å²) in [4.78, 5) is 11.5. The monoisotopic (exact) mass is 236 g/mol. The Hall–Kier alpha value is -0.630. The second kappa shape index (κ2) is 5.34. The second-order valence-corrected chi connectivity index (χ2v) is 5.71. The molecule has 0 aromatic rings. The maximum atomic E-state index is 11.5. The third-order valence-corrected chi connectivity index (χ3v) is 4.84. The Morgan fingerprint density at radius 3 is 2.71 bits per heavy atom. The highest BCUT2D eigenvalue weighted by Gasteiger charge is 2.40. The zero-order valence-corrected chi connectivity index (χ0v) is 10.8. The Kier molecular flexibility index (Phi) is 4.03. The largest absolute Gasteiger partial charge is 0.392 e. The van der Waals surface area contributed by atoms with E-state index in [2.05, 4.69) is 6.92 Å². The lowest BCUT2D eigenvalue weighted by molar-refractivity contribution is -0.119. The average Bonchev–Trinajstić information content (AvgIpc) is 2.64. The minimum Gasteiger partial charge on any atom is -0.392 e. The summed E-state index contributed by atoms with van der Waals surface area (Å²) in [5.41, 5.74) is 0.185. The van der Waals surface area contributed by atoms with Crippen LogP contribution in [0.25, 0.3) is 0 Å². The molecular formula is C15H24O2. The molecule has 2 aliphatic rings. The van der Waals surface area contributed by atoms with Crippen LogP contribution in [-0.4, -0.2) is 17.0 Å². The van der Waals surface area contributed by atoms with Crippen LogP contribution in [0.3, 0.4) is 0 Å². The topological polar surface area (TPSA) is 37.3 Å². The van der Waals surface area contributed by atoms with Crippen molar-refractivity contribution in [1.29, 1.82) is 0 Å². The van der Waals surface area contributed by atoms with Gasteiger partial charge in [-0.1, -0.05) is 25.5 Å². The fourth-order valence-corrected chi connectivity index (χ4v) is 3.22. The number of aliphatic hydroxyl groups is 1. The minimum absolute atomic E-state index is 0.140. The Labute approximate surface area is 104 Å². The molecule has 0 radical (unpaired) electrons. The van der Waals surface area contributed by atoms with Gasteiger partial charge in [-0.2, -0.15) is 0 Å². The third-order valence-electron chi connectivity index (χ3n) is 4.84. The highest BCUT2D eigenvalue weighted by atomic mass is 16.3. The number of hydrogen-bond donors (Lipinski definition) is 1. The first-order valence-electron chi connectivity index (χ1n) is 7.05. The summed E-state index contributed by atoms with van der Waals surface area (Å²) in [6.45, 7) is 2.17. The predicted octanol–water partition coefficient (Wildman–Crippen LogP) is 3.24. The predicted molar refractivity (Wildman–Crippen MR) is 68.7 cm³/mol. The molecule has 2 heteroatoms. The molecule has 0 saturated heterocycles. The number of carbonyl (C=O) groups is 1. The van der Waals surface area contributed by atoms with Gasteiger partial charge < -0.3 is 5.11 Å². The molecule has 2 nitrogen and oxygen atoms in total. The van der Waals surface area contributed by atoms with Crippen molar-refractivity contribution < 1.29 is 9.90 Å². The van der Waals surface area contributed by atoms with Crippen LogP contribution >= 0.6 is 0 Å². The van der Waals surface area contributed by atoms with E-state index in [-0.39, 0.29) is 17.4 Å². The van der Waals surface area contributed by atoms with Gasteiger partial charge in [0, 0.05) is 12.3 Å². The lowest BCUT2D eigenvalue weighted by Gasteiger charge is -2.45. The van der Waals surface area contributed by atoms with E-state index < -0.39 is 0 Å². The zero-order chi connectivity index (χ0) is 12.3. The van der Waals surface area contributed by atoms with E-state index in [4.69, 9.17) is 0 Å². The SMILES string of the molecule is CCC1(C(O)C/C=C/[C@@H]2CCCC2=O)CCC1. The van der Waals surface area contributed by atoms with Crippen LogP contribution in [0, 0.1) is 11.3 Å². The molecule has 0 bridgehead atoms. The molecule has 2 rings (SSSR count). The van der Waals surface area contributed by atoms with Crippen LogP contribution in [-0.2, 0) is 4.79 Å². The quantitative estimate of drug-likeness (QED) is 0.744. The summed E-state index contributed by atoms with van der Waals surface area (Å²) in [5.74, 6) is 0.519. The highest BCUT2D eigenvalue weighted by molar-refractivity contribution is 5.84. The molecule has 2 saturated carbocycles. The number of hydrogen-bond acceptors (Lipinski definition) is 2.